The number of aliphatic hydroxyl groups is 5. The van der Waals surface area contributed by atoms with Gasteiger partial charge in [0, 0.05) is 13.3 Å². The van der Waals surface area contributed by atoms with Crippen LogP contribution in [-0.2, 0) is 14.3 Å². The van der Waals surface area contributed by atoms with Crippen LogP contribution in [0.5, 0.6) is 0 Å². The molecular formula is C14H25NO9. The molecule has 0 bridgehead atoms. The largest absolute Gasteiger partial charge is 0.479 e. The summed E-state index contributed by atoms with van der Waals surface area (Å²) in [5.74, 6) is -2.16. The number of carbonyl (C=O) groups is 2. The molecule has 0 spiro atoms. The molecule has 10 heteroatoms. The minimum absolute atomic E-state index is 0.560. The van der Waals surface area contributed by atoms with Crippen molar-refractivity contribution in [2.45, 2.75) is 68.9 Å². The normalized spacial score (nSPS) is 33.6. The SMILES string of the molecule is CC(=O)N[C@@H]1[C@@H](O)C[C@@](C(=O)O)(C(C)(C)O)O[C@H]1C(O)[C@H](O)CO. The third kappa shape index (κ3) is 3.85. The van der Waals surface area contributed by atoms with Crippen molar-refractivity contribution in [1.82, 2.24) is 5.32 Å². The number of ether oxygens (including phenoxy) is 1. The van der Waals surface area contributed by atoms with Gasteiger partial charge in [-0.1, -0.05) is 0 Å². The van der Waals surface area contributed by atoms with Crippen LogP contribution in [0.2, 0.25) is 0 Å². The van der Waals surface area contributed by atoms with Crippen molar-refractivity contribution in [1.29, 1.82) is 0 Å². The third-order valence-electron chi connectivity index (χ3n) is 4.22. The summed E-state index contributed by atoms with van der Waals surface area (Å²) in [6, 6.07) is -1.24. The summed E-state index contributed by atoms with van der Waals surface area (Å²) >= 11 is 0. The number of carboxylic acids is 1. The molecule has 6 atom stereocenters. The van der Waals surface area contributed by atoms with Crippen molar-refractivity contribution >= 4 is 11.9 Å². The van der Waals surface area contributed by atoms with Gasteiger partial charge in [-0.3, -0.25) is 4.79 Å². The predicted octanol–water partition coefficient (Wildman–Crippen LogP) is -3.05. The molecule has 0 aliphatic carbocycles. The Bertz CT molecular complexity index is 477. The molecule has 1 aliphatic rings. The topological polar surface area (TPSA) is 177 Å². The van der Waals surface area contributed by atoms with E-state index in [0.29, 0.717) is 0 Å². The molecule has 0 aromatic heterocycles. The van der Waals surface area contributed by atoms with Crippen LogP contribution in [0.4, 0.5) is 0 Å². The standard InChI is InChI=1S/C14H25NO9/c1-6(17)15-9-7(18)4-14(12(21)22,13(2,3)23)24-11(9)10(20)8(19)5-16/h7-11,16,18-20,23H,4-5H2,1-3H3,(H,15,17)(H,21,22)/t7-,8+,9+,10?,11+,14+/m0/s1. The van der Waals surface area contributed by atoms with Crippen molar-refractivity contribution in [2.24, 2.45) is 0 Å². The molecule has 1 heterocycles. The van der Waals surface area contributed by atoms with Gasteiger partial charge in [0.05, 0.1) is 24.4 Å². The van der Waals surface area contributed by atoms with E-state index in [1.807, 2.05) is 0 Å². The zero-order chi connectivity index (χ0) is 18.9. The summed E-state index contributed by atoms with van der Waals surface area (Å²) in [5.41, 5.74) is -4.24. The van der Waals surface area contributed by atoms with Gasteiger partial charge in [0.25, 0.3) is 0 Å². The molecule has 1 amide bonds. The quantitative estimate of drug-likeness (QED) is 0.262. The van der Waals surface area contributed by atoms with Gasteiger partial charge in [-0.2, -0.15) is 0 Å². The van der Waals surface area contributed by atoms with E-state index in [1.54, 1.807) is 0 Å². The van der Waals surface area contributed by atoms with Crippen LogP contribution in [0.1, 0.15) is 27.2 Å². The fourth-order valence-corrected chi connectivity index (χ4v) is 2.81. The van der Waals surface area contributed by atoms with E-state index in [9.17, 15) is 35.1 Å². The Balaban J connectivity index is 3.32. The number of amides is 1. The first-order valence-electron chi connectivity index (χ1n) is 7.43. The minimum Gasteiger partial charge on any atom is -0.479 e. The van der Waals surface area contributed by atoms with Crippen molar-refractivity contribution in [3.63, 3.8) is 0 Å². The highest BCUT2D eigenvalue weighted by molar-refractivity contribution is 5.80. The van der Waals surface area contributed by atoms with Crippen LogP contribution < -0.4 is 5.32 Å². The number of aliphatic hydroxyl groups excluding tert-OH is 4. The summed E-state index contributed by atoms with van der Waals surface area (Å²) in [6.07, 6.45) is -7.15. The maximum absolute atomic E-state index is 11.7. The molecule has 140 valence electrons. The highest BCUT2D eigenvalue weighted by Crippen LogP contribution is 2.39. The van der Waals surface area contributed by atoms with Gasteiger partial charge in [0.2, 0.25) is 5.91 Å². The molecule has 10 nitrogen and oxygen atoms in total. The highest BCUT2D eigenvalue weighted by atomic mass is 16.6. The maximum atomic E-state index is 11.7. The van der Waals surface area contributed by atoms with Gasteiger partial charge in [0.15, 0.2) is 5.60 Å². The highest BCUT2D eigenvalue weighted by Gasteiger charge is 2.61. The van der Waals surface area contributed by atoms with Crippen LogP contribution >= 0.6 is 0 Å². The smallest absolute Gasteiger partial charge is 0.339 e. The fourth-order valence-electron chi connectivity index (χ4n) is 2.81. The molecule has 0 aromatic carbocycles. The Hall–Kier alpha value is -1.30. The number of hydrogen-bond donors (Lipinski definition) is 7. The maximum Gasteiger partial charge on any atom is 0.339 e. The molecule has 7 N–H and O–H groups in total. The van der Waals surface area contributed by atoms with Gasteiger partial charge in [-0.25, -0.2) is 4.79 Å². The minimum atomic E-state index is -2.29. The molecule has 0 aromatic rings. The van der Waals surface area contributed by atoms with Gasteiger partial charge in [0.1, 0.15) is 18.3 Å². The van der Waals surface area contributed by atoms with Crippen molar-refractivity contribution < 1.29 is 45.0 Å². The van der Waals surface area contributed by atoms with Crippen LogP contribution in [-0.4, -0.2) is 90.8 Å². The average molecular weight is 351 g/mol. The van der Waals surface area contributed by atoms with Crippen molar-refractivity contribution in [3.8, 4) is 0 Å². The fraction of sp³-hybridized carbons (Fsp3) is 0.857. The first kappa shape index (κ1) is 20.7. The van der Waals surface area contributed by atoms with Gasteiger partial charge in [-0.05, 0) is 13.8 Å². The van der Waals surface area contributed by atoms with Crippen LogP contribution in [0.3, 0.4) is 0 Å². The molecule has 0 saturated carbocycles. The number of nitrogens with one attached hydrogen (secondary N) is 1. The van der Waals surface area contributed by atoms with Gasteiger partial charge >= 0.3 is 5.97 Å². The molecule has 1 aliphatic heterocycles. The second-order valence-electron chi connectivity index (χ2n) is 6.51. The van der Waals surface area contributed by atoms with Crippen molar-refractivity contribution in [2.75, 3.05) is 6.61 Å². The van der Waals surface area contributed by atoms with E-state index in [4.69, 9.17) is 9.84 Å². The van der Waals surface area contributed by atoms with Crippen LogP contribution in [0, 0.1) is 0 Å². The second-order valence-corrected chi connectivity index (χ2v) is 6.51. The zero-order valence-electron chi connectivity index (χ0n) is 13.7. The Morgan fingerprint density at radius 3 is 2.29 bits per heavy atom. The summed E-state index contributed by atoms with van der Waals surface area (Å²) in [6.45, 7) is 2.62. The van der Waals surface area contributed by atoms with E-state index in [0.717, 1.165) is 6.92 Å². The lowest BCUT2D eigenvalue weighted by atomic mass is 9.75. The first-order valence-corrected chi connectivity index (χ1v) is 7.43. The lowest BCUT2D eigenvalue weighted by Crippen LogP contribution is -2.72. The lowest BCUT2D eigenvalue weighted by molar-refractivity contribution is -0.268. The molecule has 0 radical (unpaired) electrons. The number of carboxylic acid groups (broad SMARTS) is 1. The monoisotopic (exact) mass is 351 g/mol. The summed E-state index contributed by atoms with van der Waals surface area (Å²) in [4.78, 5) is 23.0. The Morgan fingerprint density at radius 1 is 1.38 bits per heavy atom. The van der Waals surface area contributed by atoms with E-state index >= 15 is 0 Å². The number of aliphatic carboxylic acids is 1. The van der Waals surface area contributed by atoms with Gasteiger partial charge in [-0.15, -0.1) is 0 Å². The summed E-state index contributed by atoms with van der Waals surface area (Å²) in [5, 5.41) is 61.2. The first-order chi connectivity index (χ1) is 10.9. The third-order valence-corrected chi connectivity index (χ3v) is 4.22. The van der Waals surface area contributed by atoms with E-state index < -0.39 is 66.6 Å². The number of hydrogen-bond acceptors (Lipinski definition) is 8. The molecule has 1 saturated heterocycles. The lowest BCUT2D eigenvalue weighted by Gasteiger charge is -2.51. The number of rotatable bonds is 6. The summed E-state index contributed by atoms with van der Waals surface area (Å²) in [7, 11) is 0. The Morgan fingerprint density at radius 2 is 1.92 bits per heavy atom. The van der Waals surface area contributed by atoms with Crippen molar-refractivity contribution in [3.05, 3.63) is 0 Å². The number of carbonyl (C=O) groups excluding carboxylic acids is 1. The average Bonchev–Trinajstić information content (AvgIpc) is 2.45. The molecule has 1 fully saturated rings. The molecule has 1 unspecified atom stereocenters. The molecular weight excluding hydrogens is 326 g/mol. The van der Waals surface area contributed by atoms with E-state index in [-0.39, 0.29) is 0 Å². The molecule has 1 rings (SSSR count). The van der Waals surface area contributed by atoms with Crippen LogP contribution in [0.15, 0.2) is 0 Å². The summed E-state index contributed by atoms with van der Waals surface area (Å²) < 4.78 is 5.42. The Labute approximate surface area is 138 Å². The second kappa shape index (κ2) is 7.30. The zero-order valence-corrected chi connectivity index (χ0v) is 13.7. The molecule has 24 heavy (non-hydrogen) atoms. The van der Waals surface area contributed by atoms with E-state index in [2.05, 4.69) is 5.32 Å². The Kier molecular flexibility index (Phi) is 6.31. The van der Waals surface area contributed by atoms with Crippen LogP contribution in [0.25, 0.3) is 0 Å². The predicted molar refractivity (Wildman–Crippen MR) is 78.9 cm³/mol. The van der Waals surface area contributed by atoms with Gasteiger partial charge < -0.3 is 40.7 Å². The van der Waals surface area contributed by atoms with E-state index in [1.165, 1.54) is 13.8 Å².